The van der Waals surface area contributed by atoms with Gasteiger partial charge in [-0.2, -0.15) is 0 Å². The van der Waals surface area contributed by atoms with Crippen LogP contribution >= 0.6 is 0 Å². The summed E-state index contributed by atoms with van der Waals surface area (Å²) in [6.45, 7) is 1.18. The number of esters is 1. The predicted octanol–water partition coefficient (Wildman–Crippen LogP) is 2.48. The van der Waals surface area contributed by atoms with Gasteiger partial charge in [-0.05, 0) is 31.7 Å². The third-order valence-corrected chi connectivity index (χ3v) is 4.12. The number of carboxylic acids is 1. The Morgan fingerprint density at radius 1 is 1.23 bits per heavy atom. The van der Waals surface area contributed by atoms with Crippen molar-refractivity contribution in [2.45, 2.75) is 56.7 Å². The highest BCUT2D eigenvalue weighted by atomic mass is 16.6. The van der Waals surface area contributed by atoms with Crippen molar-refractivity contribution < 1.29 is 24.5 Å². The molecule has 1 saturated carbocycles. The van der Waals surface area contributed by atoms with E-state index in [1.54, 1.807) is 0 Å². The number of carbonyl (C=O) groups excluding carboxylic acids is 1. The third kappa shape index (κ3) is 4.07. The molecule has 120 valence electrons. The highest BCUT2D eigenvalue weighted by Gasteiger charge is 2.38. The number of hydrogen-bond donors (Lipinski definition) is 2. The summed E-state index contributed by atoms with van der Waals surface area (Å²) >= 11 is 0. The molecule has 1 aliphatic carbocycles. The highest BCUT2D eigenvalue weighted by Crippen LogP contribution is 2.35. The van der Waals surface area contributed by atoms with Crippen molar-refractivity contribution in [3.63, 3.8) is 0 Å². The number of ether oxygens (including phenoxy) is 1. The van der Waals surface area contributed by atoms with Crippen molar-refractivity contribution in [2.75, 3.05) is 0 Å². The van der Waals surface area contributed by atoms with Gasteiger partial charge in [0.2, 0.25) is 0 Å². The summed E-state index contributed by atoms with van der Waals surface area (Å²) in [5.41, 5.74) is -0.886. The lowest BCUT2D eigenvalue weighted by Crippen LogP contribution is -2.42. The van der Waals surface area contributed by atoms with E-state index in [9.17, 15) is 14.7 Å². The van der Waals surface area contributed by atoms with E-state index in [2.05, 4.69) is 0 Å². The normalized spacial score (nSPS) is 24.3. The first-order valence-corrected chi connectivity index (χ1v) is 7.60. The largest absolute Gasteiger partial charge is 0.481 e. The van der Waals surface area contributed by atoms with E-state index in [1.165, 1.54) is 6.92 Å². The Bertz CT molecular complexity index is 523. The topological polar surface area (TPSA) is 83.8 Å². The molecule has 1 aromatic rings. The van der Waals surface area contributed by atoms with Crippen LogP contribution in [0.25, 0.3) is 0 Å². The monoisotopic (exact) mass is 306 g/mol. The number of benzene rings is 1. The fraction of sp³-hybridized carbons (Fsp3) is 0.529. The highest BCUT2D eigenvalue weighted by molar-refractivity contribution is 5.84. The lowest BCUT2D eigenvalue weighted by Gasteiger charge is -2.33. The molecule has 0 aromatic heterocycles. The van der Waals surface area contributed by atoms with Crippen LogP contribution in [0.2, 0.25) is 0 Å². The zero-order valence-electron chi connectivity index (χ0n) is 12.7. The molecule has 0 unspecified atom stereocenters. The molecule has 0 heterocycles. The van der Waals surface area contributed by atoms with Crippen LogP contribution in [0.15, 0.2) is 30.3 Å². The van der Waals surface area contributed by atoms with Crippen molar-refractivity contribution in [1.82, 2.24) is 0 Å². The summed E-state index contributed by atoms with van der Waals surface area (Å²) in [7, 11) is 0. The van der Waals surface area contributed by atoms with Crippen LogP contribution in [0.3, 0.4) is 0 Å². The molecule has 3 atom stereocenters. The molecule has 1 fully saturated rings. The van der Waals surface area contributed by atoms with Gasteiger partial charge in [-0.15, -0.1) is 0 Å². The minimum atomic E-state index is -2.00. The maximum Gasteiger partial charge on any atom is 0.338 e. The summed E-state index contributed by atoms with van der Waals surface area (Å²) in [5.74, 6) is -1.99. The van der Waals surface area contributed by atoms with Crippen molar-refractivity contribution in [1.29, 1.82) is 0 Å². The molecule has 1 aliphatic rings. The zero-order chi connectivity index (χ0) is 16.2. The fourth-order valence-electron chi connectivity index (χ4n) is 2.95. The van der Waals surface area contributed by atoms with Crippen LogP contribution in [0, 0.1) is 0 Å². The molecule has 0 aliphatic heterocycles. The summed E-state index contributed by atoms with van der Waals surface area (Å²) in [4.78, 5) is 22.8. The second kappa shape index (κ2) is 6.92. The number of aliphatic hydroxyl groups is 1. The van der Waals surface area contributed by atoms with Crippen molar-refractivity contribution in [3.05, 3.63) is 35.9 Å². The molecule has 0 bridgehead atoms. The van der Waals surface area contributed by atoms with E-state index in [-0.39, 0.29) is 12.0 Å². The second-order valence-corrected chi connectivity index (χ2v) is 6.09. The third-order valence-electron chi connectivity index (χ3n) is 4.12. The maximum atomic E-state index is 12.1. The maximum absolute atomic E-state index is 12.1. The molecule has 0 saturated heterocycles. The summed E-state index contributed by atoms with van der Waals surface area (Å²) in [5, 5.41) is 18.8. The van der Waals surface area contributed by atoms with Gasteiger partial charge in [-0.1, -0.05) is 36.8 Å². The van der Waals surface area contributed by atoms with E-state index in [1.807, 2.05) is 30.3 Å². The van der Waals surface area contributed by atoms with Gasteiger partial charge in [-0.3, -0.25) is 4.79 Å². The number of carbonyl (C=O) groups is 2. The van der Waals surface area contributed by atoms with Crippen LogP contribution in [-0.4, -0.2) is 33.9 Å². The number of hydrogen-bond acceptors (Lipinski definition) is 4. The van der Waals surface area contributed by atoms with E-state index >= 15 is 0 Å². The second-order valence-electron chi connectivity index (χ2n) is 6.09. The van der Waals surface area contributed by atoms with Crippen LogP contribution in [0.1, 0.15) is 50.5 Å². The minimum absolute atomic E-state index is 0.0968. The summed E-state index contributed by atoms with van der Waals surface area (Å²) in [6.07, 6.45) is 2.71. The standard InChI is InChI=1S/C17H22O5/c1-17(21,11-15(18)19)16(20)22-14-10-6-5-9-13(14)12-7-3-2-4-8-12/h2-4,7-8,13-14,21H,5-6,9-11H2,1H3,(H,18,19)/t13-,14+,17-/m0/s1. The van der Waals surface area contributed by atoms with Crippen LogP contribution in [0.5, 0.6) is 0 Å². The molecule has 0 spiro atoms. The van der Waals surface area contributed by atoms with Gasteiger partial charge >= 0.3 is 11.9 Å². The first-order chi connectivity index (χ1) is 10.4. The van der Waals surface area contributed by atoms with Gasteiger partial charge in [0.25, 0.3) is 0 Å². The molecular formula is C17H22O5. The van der Waals surface area contributed by atoms with Crippen LogP contribution < -0.4 is 0 Å². The van der Waals surface area contributed by atoms with Gasteiger partial charge in [0.05, 0.1) is 6.42 Å². The molecule has 0 radical (unpaired) electrons. The van der Waals surface area contributed by atoms with E-state index in [4.69, 9.17) is 9.84 Å². The average Bonchev–Trinajstić information content (AvgIpc) is 2.47. The molecule has 2 N–H and O–H groups in total. The van der Waals surface area contributed by atoms with Crippen molar-refractivity contribution >= 4 is 11.9 Å². The lowest BCUT2D eigenvalue weighted by atomic mass is 9.81. The van der Waals surface area contributed by atoms with Gasteiger partial charge in [0, 0.05) is 5.92 Å². The molecular weight excluding hydrogens is 284 g/mol. The molecule has 22 heavy (non-hydrogen) atoms. The van der Waals surface area contributed by atoms with Crippen LogP contribution in [0.4, 0.5) is 0 Å². The first kappa shape index (κ1) is 16.5. The summed E-state index contributed by atoms with van der Waals surface area (Å²) in [6, 6.07) is 9.84. The van der Waals surface area contributed by atoms with Gasteiger partial charge < -0.3 is 14.9 Å². The minimum Gasteiger partial charge on any atom is -0.481 e. The predicted molar refractivity (Wildman–Crippen MR) is 80.4 cm³/mol. The van der Waals surface area contributed by atoms with Crippen molar-refractivity contribution in [2.24, 2.45) is 0 Å². The van der Waals surface area contributed by atoms with E-state index in [0.717, 1.165) is 31.2 Å². The Hall–Kier alpha value is -1.88. The quantitative estimate of drug-likeness (QED) is 0.816. The van der Waals surface area contributed by atoms with E-state index < -0.39 is 24.0 Å². The molecule has 5 nitrogen and oxygen atoms in total. The molecule has 1 aromatic carbocycles. The fourth-order valence-corrected chi connectivity index (χ4v) is 2.95. The Morgan fingerprint density at radius 3 is 2.50 bits per heavy atom. The molecule has 2 rings (SSSR count). The summed E-state index contributed by atoms with van der Waals surface area (Å²) < 4.78 is 5.47. The SMILES string of the molecule is C[C@](O)(CC(=O)O)C(=O)O[C@@H]1CCCC[C@H]1c1ccccc1. The van der Waals surface area contributed by atoms with Gasteiger partial charge in [0.15, 0.2) is 5.60 Å². The Morgan fingerprint density at radius 2 is 1.86 bits per heavy atom. The smallest absolute Gasteiger partial charge is 0.338 e. The lowest BCUT2D eigenvalue weighted by molar-refractivity contribution is -0.176. The van der Waals surface area contributed by atoms with Crippen molar-refractivity contribution in [3.8, 4) is 0 Å². The zero-order valence-corrected chi connectivity index (χ0v) is 12.7. The average molecular weight is 306 g/mol. The Balaban J connectivity index is 2.09. The molecule has 0 amide bonds. The number of aliphatic carboxylic acids is 1. The molecule has 5 heteroatoms. The van der Waals surface area contributed by atoms with Gasteiger partial charge in [0.1, 0.15) is 6.10 Å². The number of carboxylic acid groups (broad SMARTS) is 1. The van der Waals surface area contributed by atoms with Gasteiger partial charge in [-0.25, -0.2) is 4.79 Å². The Labute approximate surface area is 129 Å². The van der Waals surface area contributed by atoms with Crippen LogP contribution in [-0.2, 0) is 14.3 Å². The first-order valence-electron chi connectivity index (χ1n) is 7.60. The Kier molecular flexibility index (Phi) is 5.19. The van der Waals surface area contributed by atoms with E-state index in [0.29, 0.717) is 0 Å². The number of rotatable bonds is 5.